The van der Waals surface area contributed by atoms with Crippen LogP contribution in [-0.2, 0) is 6.42 Å². The second kappa shape index (κ2) is 7.82. The molecule has 1 aliphatic carbocycles. The minimum Gasteiger partial charge on any atom is -0.314 e. The number of nitrogens with zero attached hydrogens (tertiary/aromatic N) is 2. The topological polar surface area (TPSA) is 29.9 Å². The summed E-state index contributed by atoms with van der Waals surface area (Å²) in [5, 5.41) is 8.39. The lowest BCUT2D eigenvalue weighted by Gasteiger charge is -2.22. The third-order valence-corrected chi connectivity index (χ3v) is 4.50. The Morgan fingerprint density at radius 1 is 1.30 bits per heavy atom. The van der Waals surface area contributed by atoms with Gasteiger partial charge in [0.05, 0.1) is 11.7 Å². The van der Waals surface area contributed by atoms with Crippen LogP contribution in [-0.4, -0.2) is 22.4 Å². The zero-order valence-corrected chi connectivity index (χ0v) is 13.4. The van der Waals surface area contributed by atoms with E-state index in [1.54, 1.807) is 0 Å². The van der Waals surface area contributed by atoms with Crippen LogP contribution in [0.15, 0.2) is 12.3 Å². The van der Waals surface area contributed by atoms with Gasteiger partial charge < -0.3 is 5.32 Å². The van der Waals surface area contributed by atoms with Crippen molar-refractivity contribution < 1.29 is 0 Å². The first-order valence-electron chi connectivity index (χ1n) is 8.46. The molecule has 1 fully saturated rings. The average Bonchev–Trinajstić information content (AvgIpc) is 2.92. The van der Waals surface area contributed by atoms with Crippen LogP contribution in [0.4, 0.5) is 0 Å². The van der Waals surface area contributed by atoms with Crippen molar-refractivity contribution >= 4 is 0 Å². The monoisotopic (exact) mass is 277 g/mol. The summed E-state index contributed by atoms with van der Waals surface area (Å²) in [5.41, 5.74) is 1.27. The molecule has 114 valence electrons. The molecule has 1 unspecified atom stereocenters. The maximum atomic E-state index is 4.84. The fourth-order valence-corrected chi connectivity index (χ4v) is 3.09. The Balaban J connectivity index is 1.87. The molecule has 1 N–H and O–H groups in total. The molecule has 1 atom stereocenters. The van der Waals surface area contributed by atoms with Crippen molar-refractivity contribution in [3.63, 3.8) is 0 Å². The number of hydrogen-bond acceptors (Lipinski definition) is 2. The third-order valence-electron chi connectivity index (χ3n) is 4.50. The molecule has 0 amide bonds. The molecular formula is C17H31N3. The summed E-state index contributed by atoms with van der Waals surface area (Å²) in [4.78, 5) is 0. The molecule has 3 heteroatoms. The van der Waals surface area contributed by atoms with Crippen molar-refractivity contribution in [2.24, 2.45) is 5.92 Å². The smallest absolute Gasteiger partial charge is 0.0627 e. The summed E-state index contributed by atoms with van der Waals surface area (Å²) in [5.74, 6) is 0.701. The molecule has 0 spiro atoms. The number of aromatic nitrogens is 2. The Kier molecular flexibility index (Phi) is 6.08. The van der Waals surface area contributed by atoms with Crippen LogP contribution in [0.25, 0.3) is 0 Å². The van der Waals surface area contributed by atoms with Gasteiger partial charge in [0.15, 0.2) is 0 Å². The fraction of sp³-hybridized carbons (Fsp3) is 0.824. The summed E-state index contributed by atoms with van der Waals surface area (Å²) >= 11 is 0. The summed E-state index contributed by atoms with van der Waals surface area (Å²) in [6.07, 6.45) is 11.3. The molecule has 0 bridgehead atoms. The standard InChI is InChI=1S/C17H31N3/c1-4-15(13-18-14(2)3)12-16-10-11-20(19-16)17-8-6-5-7-9-17/h10-11,14-15,17-18H,4-9,12-13H2,1-3H3. The van der Waals surface area contributed by atoms with E-state index in [9.17, 15) is 0 Å². The molecule has 3 nitrogen and oxygen atoms in total. The largest absolute Gasteiger partial charge is 0.314 e. The maximum Gasteiger partial charge on any atom is 0.0627 e. The van der Waals surface area contributed by atoms with E-state index in [1.165, 1.54) is 44.2 Å². The van der Waals surface area contributed by atoms with Gasteiger partial charge >= 0.3 is 0 Å². The Morgan fingerprint density at radius 2 is 2.05 bits per heavy atom. The predicted octanol–water partition coefficient (Wildman–Crippen LogP) is 3.96. The van der Waals surface area contributed by atoms with Gasteiger partial charge in [-0.05, 0) is 37.8 Å². The van der Waals surface area contributed by atoms with Crippen LogP contribution in [0.3, 0.4) is 0 Å². The fourth-order valence-electron chi connectivity index (χ4n) is 3.09. The van der Waals surface area contributed by atoms with Gasteiger partial charge in [0.25, 0.3) is 0 Å². The van der Waals surface area contributed by atoms with Crippen LogP contribution < -0.4 is 5.32 Å². The van der Waals surface area contributed by atoms with Crippen molar-refractivity contribution in [2.75, 3.05) is 6.54 Å². The molecule has 1 aliphatic rings. The first-order valence-corrected chi connectivity index (χ1v) is 8.46. The van der Waals surface area contributed by atoms with Crippen molar-refractivity contribution in [2.45, 2.75) is 77.8 Å². The lowest BCUT2D eigenvalue weighted by Crippen LogP contribution is -2.29. The maximum absolute atomic E-state index is 4.84. The Morgan fingerprint density at radius 3 is 2.70 bits per heavy atom. The van der Waals surface area contributed by atoms with Gasteiger partial charge in [-0.3, -0.25) is 4.68 Å². The van der Waals surface area contributed by atoms with Gasteiger partial charge in [-0.2, -0.15) is 5.10 Å². The number of rotatable bonds is 7. The van der Waals surface area contributed by atoms with E-state index in [2.05, 4.69) is 43.0 Å². The van der Waals surface area contributed by atoms with E-state index in [0.29, 0.717) is 18.0 Å². The van der Waals surface area contributed by atoms with Crippen molar-refractivity contribution in [1.29, 1.82) is 0 Å². The molecule has 20 heavy (non-hydrogen) atoms. The molecule has 0 radical (unpaired) electrons. The molecule has 0 saturated heterocycles. The van der Waals surface area contributed by atoms with Crippen LogP contribution in [0.5, 0.6) is 0 Å². The molecule has 1 aromatic rings. The van der Waals surface area contributed by atoms with E-state index >= 15 is 0 Å². The Bertz CT molecular complexity index is 377. The second-order valence-electron chi connectivity index (χ2n) is 6.62. The van der Waals surface area contributed by atoms with E-state index in [-0.39, 0.29) is 0 Å². The zero-order chi connectivity index (χ0) is 14.4. The second-order valence-corrected chi connectivity index (χ2v) is 6.62. The highest BCUT2D eigenvalue weighted by atomic mass is 15.3. The van der Waals surface area contributed by atoms with Gasteiger partial charge in [0.2, 0.25) is 0 Å². The van der Waals surface area contributed by atoms with Gasteiger partial charge in [-0.1, -0.05) is 46.5 Å². The van der Waals surface area contributed by atoms with Crippen molar-refractivity contribution in [3.8, 4) is 0 Å². The summed E-state index contributed by atoms with van der Waals surface area (Å²) in [6.45, 7) is 7.81. The van der Waals surface area contributed by atoms with Crippen LogP contribution in [0.2, 0.25) is 0 Å². The lowest BCUT2D eigenvalue weighted by atomic mass is 9.96. The van der Waals surface area contributed by atoms with Gasteiger partial charge in [0, 0.05) is 12.2 Å². The molecule has 0 aromatic carbocycles. The molecular weight excluding hydrogens is 246 g/mol. The van der Waals surface area contributed by atoms with Gasteiger partial charge in [-0.25, -0.2) is 0 Å². The molecule has 1 aromatic heterocycles. The van der Waals surface area contributed by atoms with Crippen LogP contribution in [0.1, 0.15) is 71.0 Å². The quantitative estimate of drug-likeness (QED) is 0.817. The van der Waals surface area contributed by atoms with Crippen LogP contribution >= 0.6 is 0 Å². The predicted molar refractivity (Wildman–Crippen MR) is 85.0 cm³/mol. The average molecular weight is 277 g/mol. The third kappa shape index (κ3) is 4.62. The molecule has 0 aliphatic heterocycles. The highest BCUT2D eigenvalue weighted by Crippen LogP contribution is 2.27. The van der Waals surface area contributed by atoms with E-state index in [0.717, 1.165) is 13.0 Å². The SMILES string of the molecule is CCC(CNC(C)C)Cc1ccn(C2CCCCC2)n1. The van der Waals surface area contributed by atoms with Gasteiger partial charge in [-0.15, -0.1) is 0 Å². The summed E-state index contributed by atoms with van der Waals surface area (Å²) in [6, 6.07) is 3.46. The molecule has 1 saturated carbocycles. The van der Waals surface area contributed by atoms with E-state index in [1.807, 2.05) is 0 Å². The highest BCUT2D eigenvalue weighted by Gasteiger charge is 2.17. The molecule has 2 rings (SSSR count). The number of hydrogen-bond donors (Lipinski definition) is 1. The normalized spacial score (nSPS) is 18.6. The zero-order valence-electron chi connectivity index (χ0n) is 13.4. The van der Waals surface area contributed by atoms with Gasteiger partial charge in [0.1, 0.15) is 0 Å². The first kappa shape index (κ1) is 15.6. The summed E-state index contributed by atoms with van der Waals surface area (Å²) in [7, 11) is 0. The van der Waals surface area contributed by atoms with Crippen molar-refractivity contribution in [3.05, 3.63) is 18.0 Å². The van der Waals surface area contributed by atoms with E-state index in [4.69, 9.17) is 5.10 Å². The van der Waals surface area contributed by atoms with Crippen molar-refractivity contribution in [1.82, 2.24) is 15.1 Å². The lowest BCUT2D eigenvalue weighted by molar-refractivity contribution is 0.326. The number of nitrogens with one attached hydrogen (secondary N) is 1. The van der Waals surface area contributed by atoms with E-state index < -0.39 is 0 Å². The minimum absolute atomic E-state index is 0.573. The summed E-state index contributed by atoms with van der Waals surface area (Å²) < 4.78 is 2.23. The first-order chi connectivity index (χ1) is 9.69. The Labute approximate surface area is 124 Å². The van der Waals surface area contributed by atoms with Crippen LogP contribution in [0, 0.1) is 5.92 Å². The molecule has 1 heterocycles. The Hall–Kier alpha value is -0.830. The highest BCUT2D eigenvalue weighted by molar-refractivity contribution is 5.01. The minimum atomic E-state index is 0.573.